The molecular formula is C12H15ClF2N2O. The van der Waals surface area contributed by atoms with E-state index in [0.29, 0.717) is 5.56 Å². The van der Waals surface area contributed by atoms with Crippen LogP contribution >= 0.6 is 11.6 Å². The van der Waals surface area contributed by atoms with Crippen LogP contribution in [0.15, 0.2) is 12.3 Å². The smallest absolute Gasteiger partial charge is 0.260 e. The minimum atomic E-state index is -2.77. The summed E-state index contributed by atoms with van der Waals surface area (Å²) < 4.78 is 32.2. The summed E-state index contributed by atoms with van der Waals surface area (Å²) in [7, 11) is 0. The Kier molecular flexibility index (Phi) is 3.23. The van der Waals surface area contributed by atoms with E-state index in [1.807, 2.05) is 13.8 Å². The lowest BCUT2D eigenvalue weighted by molar-refractivity contribution is 0.0895. The van der Waals surface area contributed by atoms with E-state index in [1.54, 1.807) is 0 Å². The standard InChI is InChI=1S/C12H15ClF2N2O/c1-7(2)18-10-9(13)3-8(4-17-10)11(6-16)5-12(11,14)15/h3-4,7H,5-6,16H2,1-2H3. The van der Waals surface area contributed by atoms with Crippen LogP contribution < -0.4 is 10.5 Å². The number of hydrogen-bond donors (Lipinski definition) is 1. The molecular weight excluding hydrogens is 262 g/mol. The molecule has 0 spiro atoms. The van der Waals surface area contributed by atoms with Gasteiger partial charge in [-0.1, -0.05) is 11.6 Å². The number of ether oxygens (including phenoxy) is 1. The molecule has 18 heavy (non-hydrogen) atoms. The molecule has 0 saturated heterocycles. The van der Waals surface area contributed by atoms with E-state index in [2.05, 4.69) is 4.98 Å². The lowest BCUT2D eigenvalue weighted by atomic mass is 9.97. The van der Waals surface area contributed by atoms with Gasteiger partial charge in [0.25, 0.3) is 5.92 Å². The third kappa shape index (κ3) is 2.06. The van der Waals surface area contributed by atoms with Crippen LogP contribution in [-0.2, 0) is 5.41 Å². The van der Waals surface area contributed by atoms with Gasteiger partial charge in [-0.2, -0.15) is 0 Å². The number of aromatic nitrogens is 1. The maximum absolute atomic E-state index is 13.4. The maximum Gasteiger partial charge on any atom is 0.260 e. The Labute approximate surface area is 109 Å². The van der Waals surface area contributed by atoms with Crippen LogP contribution in [0.25, 0.3) is 0 Å². The number of hydrogen-bond acceptors (Lipinski definition) is 3. The Bertz CT molecular complexity index is 467. The van der Waals surface area contributed by atoms with E-state index in [-0.39, 0.29) is 30.0 Å². The molecule has 2 N–H and O–H groups in total. The Hall–Kier alpha value is -0.940. The third-order valence-corrected chi connectivity index (χ3v) is 3.43. The van der Waals surface area contributed by atoms with Crippen molar-refractivity contribution in [3.63, 3.8) is 0 Å². The molecule has 0 radical (unpaired) electrons. The van der Waals surface area contributed by atoms with Gasteiger partial charge in [0, 0.05) is 19.2 Å². The van der Waals surface area contributed by atoms with Crippen molar-refractivity contribution in [2.45, 2.75) is 37.7 Å². The zero-order valence-corrected chi connectivity index (χ0v) is 11.0. The number of rotatable bonds is 4. The highest BCUT2D eigenvalue weighted by Gasteiger charge is 2.71. The quantitative estimate of drug-likeness (QED) is 0.920. The molecule has 0 aromatic carbocycles. The first-order valence-electron chi connectivity index (χ1n) is 5.73. The predicted molar refractivity (Wildman–Crippen MR) is 65.3 cm³/mol. The molecule has 0 amide bonds. The lowest BCUT2D eigenvalue weighted by Gasteiger charge is -2.16. The zero-order valence-electron chi connectivity index (χ0n) is 10.2. The molecule has 1 aromatic heterocycles. The summed E-state index contributed by atoms with van der Waals surface area (Å²) >= 11 is 5.98. The summed E-state index contributed by atoms with van der Waals surface area (Å²) in [5.41, 5.74) is 4.53. The molecule has 0 bridgehead atoms. The van der Waals surface area contributed by atoms with Gasteiger partial charge in [-0.05, 0) is 25.5 Å². The fraction of sp³-hybridized carbons (Fsp3) is 0.583. The second-order valence-corrected chi connectivity index (χ2v) is 5.25. The van der Waals surface area contributed by atoms with Crippen LogP contribution in [-0.4, -0.2) is 23.6 Å². The van der Waals surface area contributed by atoms with Gasteiger partial charge < -0.3 is 10.5 Å². The second-order valence-electron chi connectivity index (χ2n) is 4.85. The minimum absolute atomic E-state index is 0.0771. The molecule has 1 atom stereocenters. The molecule has 1 unspecified atom stereocenters. The van der Waals surface area contributed by atoms with Crippen LogP contribution in [0.2, 0.25) is 5.02 Å². The highest BCUT2D eigenvalue weighted by Crippen LogP contribution is 2.61. The third-order valence-electron chi connectivity index (χ3n) is 3.15. The van der Waals surface area contributed by atoms with Gasteiger partial charge in [-0.15, -0.1) is 0 Å². The van der Waals surface area contributed by atoms with Crippen molar-refractivity contribution in [3.8, 4) is 5.88 Å². The molecule has 0 aliphatic heterocycles. The fourth-order valence-corrected chi connectivity index (χ4v) is 2.20. The number of nitrogens with two attached hydrogens (primary N) is 1. The normalized spacial score (nSPS) is 25.3. The Balaban J connectivity index is 2.30. The van der Waals surface area contributed by atoms with Gasteiger partial charge in [0.1, 0.15) is 5.02 Å². The summed E-state index contributed by atoms with van der Waals surface area (Å²) in [6.07, 6.45) is 1.04. The van der Waals surface area contributed by atoms with Gasteiger partial charge in [0.15, 0.2) is 0 Å². The fourth-order valence-electron chi connectivity index (χ4n) is 1.98. The molecule has 2 rings (SSSR count). The highest BCUT2D eigenvalue weighted by molar-refractivity contribution is 6.31. The van der Waals surface area contributed by atoms with E-state index in [0.717, 1.165) is 0 Å². The molecule has 100 valence electrons. The highest BCUT2D eigenvalue weighted by atomic mass is 35.5. The number of halogens is 3. The molecule has 1 saturated carbocycles. The molecule has 1 heterocycles. The van der Waals surface area contributed by atoms with Gasteiger partial charge in [-0.25, -0.2) is 13.8 Å². The van der Waals surface area contributed by atoms with Crippen LogP contribution in [0.5, 0.6) is 5.88 Å². The van der Waals surface area contributed by atoms with Crippen molar-refractivity contribution in [2.75, 3.05) is 6.54 Å². The summed E-state index contributed by atoms with van der Waals surface area (Å²) in [6, 6.07) is 1.47. The van der Waals surface area contributed by atoms with E-state index >= 15 is 0 Å². The average molecular weight is 277 g/mol. The van der Waals surface area contributed by atoms with Gasteiger partial charge in [0.2, 0.25) is 5.88 Å². The molecule has 6 heteroatoms. The van der Waals surface area contributed by atoms with E-state index in [4.69, 9.17) is 22.1 Å². The van der Waals surface area contributed by atoms with E-state index in [1.165, 1.54) is 12.3 Å². The SMILES string of the molecule is CC(C)Oc1ncc(C2(CN)CC2(F)F)cc1Cl. The Morgan fingerprint density at radius 3 is 2.56 bits per heavy atom. The van der Waals surface area contributed by atoms with Crippen LogP contribution in [0.4, 0.5) is 8.78 Å². The molecule has 1 aromatic rings. The lowest BCUT2D eigenvalue weighted by Crippen LogP contribution is -2.27. The number of nitrogens with zero attached hydrogens (tertiary/aromatic N) is 1. The first-order chi connectivity index (χ1) is 8.32. The average Bonchev–Trinajstić information content (AvgIpc) is 2.85. The maximum atomic E-state index is 13.4. The molecule has 3 nitrogen and oxygen atoms in total. The molecule has 1 aliphatic carbocycles. The van der Waals surface area contributed by atoms with Crippen LogP contribution in [0.3, 0.4) is 0 Å². The first kappa shape index (κ1) is 13.5. The summed E-state index contributed by atoms with van der Waals surface area (Å²) in [5.74, 6) is -2.51. The van der Waals surface area contributed by atoms with Crippen molar-refractivity contribution < 1.29 is 13.5 Å². The van der Waals surface area contributed by atoms with E-state index in [9.17, 15) is 8.78 Å². The van der Waals surface area contributed by atoms with Crippen LogP contribution in [0, 0.1) is 0 Å². The monoisotopic (exact) mass is 276 g/mol. The largest absolute Gasteiger partial charge is 0.474 e. The summed E-state index contributed by atoms with van der Waals surface area (Å²) in [4.78, 5) is 4.00. The molecule has 1 fully saturated rings. The summed E-state index contributed by atoms with van der Waals surface area (Å²) in [6.45, 7) is 3.55. The van der Waals surface area contributed by atoms with Crippen molar-refractivity contribution in [1.82, 2.24) is 4.98 Å². The zero-order chi connectivity index (χ0) is 13.6. The summed E-state index contributed by atoms with van der Waals surface area (Å²) in [5, 5.41) is 0.233. The van der Waals surface area contributed by atoms with Crippen molar-refractivity contribution in [1.29, 1.82) is 0 Å². The number of pyridine rings is 1. The topological polar surface area (TPSA) is 48.1 Å². The van der Waals surface area contributed by atoms with Gasteiger partial charge in [0.05, 0.1) is 11.5 Å². The molecule has 1 aliphatic rings. The van der Waals surface area contributed by atoms with Gasteiger partial charge in [-0.3, -0.25) is 0 Å². The van der Waals surface area contributed by atoms with E-state index < -0.39 is 11.3 Å². The Morgan fingerprint density at radius 1 is 1.56 bits per heavy atom. The van der Waals surface area contributed by atoms with Crippen molar-refractivity contribution >= 4 is 11.6 Å². The van der Waals surface area contributed by atoms with Crippen molar-refractivity contribution in [2.24, 2.45) is 5.73 Å². The Morgan fingerprint density at radius 2 is 2.17 bits per heavy atom. The minimum Gasteiger partial charge on any atom is -0.474 e. The predicted octanol–water partition coefficient (Wildman–Crippen LogP) is 2.76. The second kappa shape index (κ2) is 4.31. The van der Waals surface area contributed by atoms with Gasteiger partial charge >= 0.3 is 0 Å². The first-order valence-corrected chi connectivity index (χ1v) is 6.11. The van der Waals surface area contributed by atoms with Crippen molar-refractivity contribution in [3.05, 3.63) is 22.8 Å². The van der Waals surface area contributed by atoms with Crippen LogP contribution in [0.1, 0.15) is 25.8 Å². The number of alkyl halides is 2.